The first-order valence-corrected chi connectivity index (χ1v) is 7.61. The molecule has 2 aromatic rings. The van der Waals surface area contributed by atoms with Crippen molar-refractivity contribution in [3.8, 4) is 5.75 Å². The van der Waals surface area contributed by atoms with Gasteiger partial charge in [0.15, 0.2) is 0 Å². The standard InChI is InChI=1S/C16H19Cl2NO2/c1-10(2)19-8-15-11(3)7-12(21-15)9-20-14-6-4-5-13(17)16(14)18/h4-7,10,19H,8-9H2,1-3H3. The Kier molecular flexibility index (Phi) is 5.57. The van der Waals surface area contributed by atoms with Gasteiger partial charge in [0.05, 0.1) is 11.6 Å². The molecular weight excluding hydrogens is 309 g/mol. The number of ether oxygens (including phenoxy) is 1. The molecule has 0 saturated carbocycles. The van der Waals surface area contributed by atoms with Crippen LogP contribution in [-0.4, -0.2) is 6.04 Å². The average Bonchev–Trinajstić information content (AvgIpc) is 2.78. The van der Waals surface area contributed by atoms with Gasteiger partial charge in [0.2, 0.25) is 0 Å². The van der Waals surface area contributed by atoms with Crippen LogP contribution in [0, 0.1) is 6.92 Å². The molecule has 0 unspecified atom stereocenters. The number of benzene rings is 1. The van der Waals surface area contributed by atoms with Crippen molar-refractivity contribution in [3.63, 3.8) is 0 Å². The van der Waals surface area contributed by atoms with Gasteiger partial charge >= 0.3 is 0 Å². The average molecular weight is 328 g/mol. The summed E-state index contributed by atoms with van der Waals surface area (Å²) in [5.74, 6) is 2.25. The maximum atomic E-state index is 6.08. The van der Waals surface area contributed by atoms with Crippen molar-refractivity contribution in [2.24, 2.45) is 0 Å². The molecule has 0 aliphatic carbocycles. The Labute approximate surface area is 135 Å². The summed E-state index contributed by atoms with van der Waals surface area (Å²) in [7, 11) is 0. The molecule has 0 saturated heterocycles. The van der Waals surface area contributed by atoms with E-state index in [9.17, 15) is 0 Å². The van der Waals surface area contributed by atoms with Crippen molar-refractivity contribution in [2.45, 2.75) is 40.0 Å². The first-order valence-electron chi connectivity index (χ1n) is 6.85. The van der Waals surface area contributed by atoms with Crippen LogP contribution in [0.1, 0.15) is 30.9 Å². The number of nitrogens with one attached hydrogen (secondary N) is 1. The van der Waals surface area contributed by atoms with Gasteiger partial charge in [-0.15, -0.1) is 0 Å². The van der Waals surface area contributed by atoms with Crippen LogP contribution in [0.2, 0.25) is 10.0 Å². The number of hydrogen-bond donors (Lipinski definition) is 1. The molecule has 1 heterocycles. The number of furan rings is 1. The second kappa shape index (κ2) is 7.21. The molecular formula is C16H19Cl2NO2. The van der Waals surface area contributed by atoms with Gasteiger partial charge in [-0.3, -0.25) is 0 Å². The molecule has 1 N–H and O–H groups in total. The molecule has 1 aromatic heterocycles. The summed E-state index contributed by atoms with van der Waals surface area (Å²) in [5, 5.41) is 4.23. The first kappa shape index (κ1) is 16.2. The Morgan fingerprint density at radius 2 is 2.05 bits per heavy atom. The fourth-order valence-electron chi connectivity index (χ4n) is 1.88. The molecule has 0 fully saturated rings. The highest BCUT2D eigenvalue weighted by Gasteiger charge is 2.10. The monoisotopic (exact) mass is 327 g/mol. The third-order valence-corrected chi connectivity index (χ3v) is 3.83. The highest BCUT2D eigenvalue weighted by Crippen LogP contribution is 2.32. The fraction of sp³-hybridized carbons (Fsp3) is 0.375. The summed E-state index contributed by atoms with van der Waals surface area (Å²) >= 11 is 12.0. The predicted molar refractivity (Wildman–Crippen MR) is 86.2 cm³/mol. The highest BCUT2D eigenvalue weighted by atomic mass is 35.5. The summed E-state index contributed by atoms with van der Waals surface area (Å²) < 4.78 is 11.5. The van der Waals surface area contributed by atoms with Crippen LogP contribution in [0.5, 0.6) is 5.75 Å². The largest absolute Gasteiger partial charge is 0.484 e. The lowest BCUT2D eigenvalue weighted by atomic mass is 10.2. The molecule has 2 rings (SSSR count). The van der Waals surface area contributed by atoms with Crippen LogP contribution < -0.4 is 10.1 Å². The highest BCUT2D eigenvalue weighted by molar-refractivity contribution is 6.42. The van der Waals surface area contributed by atoms with Gasteiger partial charge in [-0.05, 0) is 30.7 Å². The van der Waals surface area contributed by atoms with Crippen LogP contribution in [0.3, 0.4) is 0 Å². The molecule has 3 nitrogen and oxygen atoms in total. The zero-order chi connectivity index (χ0) is 15.4. The van der Waals surface area contributed by atoms with E-state index in [1.807, 2.05) is 13.0 Å². The number of rotatable bonds is 6. The zero-order valence-corrected chi connectivity index (χ0v) is 13.9. The van der Waals surface area contributed by atoms with Gasteiger partial charge in [0.1, 0.15) is 28.9 Å². The normalized spacial score (nSPS) is 11.1. The Balaban J connectivity index is 2.00. The van der Waals surface area contributed by atoms with Gasteiger partial charge < -0.3 is 14.5 Å². The van der Waals surface area contributed by atoms with Crippen molar-refractivity contribution in [1.29, 1.82) is 0 Å². The van der Waals surface area contributed by atoms with Gasteiger partial charge in [0.25, 0.3) is 0 Å². The van der Waals surface area contributed by atoms with E-state index >= 15 is 0 Å². The maximum absolute atomic E-state index is 6.08. The van der Waals surface area contributed by atoms with Crippen molar-refractivity contribution in [1.82, 2.24) is 5.32 Å². The molecule has 0 spiro atoms. The van der Waals surface area contributed by atoms with Crippen LogP contribution in [0.25, 0.3) is 0 Å². The van der Waals surface area contributed by atoms with E-state index in [1.165, 1.54) is 0 Å². The first-order chi connectivity index (χ1) is 9.97. The molecule has 0 atom stereocenters. The van der Waals surface area contributed by atoms with Gasteiger partial charge in [-0.25, -0.2) is 0 Å². The minimum absolute atomic E-state index is 0.322. The van der Waals surface area contributed by atoms with Crippen molar-refractivity contribution in [2.75, 3.05) is 0 Å². The molecule has 0 bridgehead atoms. The molecule has 1 aromatic carbocycles. The quantitative estimate of drug-likeness (QED) is 0.813. The number of halogens is 2. The smallest absolute Gasteiger partial charge is 0.146 e. The lowest BCUT2D eigenvalue weighted by molar-refractivity contribution is 0.264. The second-order valence-corrected chi connectivity index (χ2v) is 5.98. The zero-order valence-electron chi connectivity index (χ0n) is 12.4. The molecule has 114 valence electrons. The minimum atomic E-state index is 0.322. The molecule has 5 heteroatoms. The third kappa shape index (κ3) is 4.40. The molecule has 0 aliphatic rings. The van der Waals surface area contributed by atoms with Crippen LogP contribution >= 0.6 is 23.2 Å². The van der Waals surface area contributed by atoms with Crippen LogP contribution in [0.4, 0.5) is 0 Å². The lowest BCUT2D eigenvalue weighted by Gasteiger charge is -2.07. The molecule has 0 aliphatic heterocycles. The summed E-state index contributed by atoms with van der Waals surface area (Å²) in [5.41, 5.74) is 1.11. The Hall–Kier alpha value is -1.16. The van der Waals surface area contributed by atoms with Crippen LogP contribution in [-0.2, 0) is 13.2 Å². The van der Waals surface area contributed by atoms with E-state index < -0.39 is 0 Å². The van der Waals surface area contributed by atoms with Gasteiger partial charge in [-0.1, -0.05) is 43.1 Å². The topological polar surface area (TPSA) is 34.4 Å². The van der Waals surface area contributed by atoms with Crippen molar-refractivity contribution < 1.29 is 9.15 Å². The molecule has 0 amide bonds. The molecule has 21 heavy (non-hydrogen) atoms. The predicted octanol–water partition coefficient (Wildman–Crippen LogP) is 4.97. The van der Waals surface area contributed by atoms with Crippen LogP contribution in [0.15, 0.2) is 28.7 Å². The summed E-state index contributed by atoms with van der Waals surface area (Å²) in [6.45, 7) is 7.26. The molecule has 0 radical (unpaired) electrons. The summed E-state index contributed by atoms with van der Waals surface area (Å²) in [6.07, 6.45) is 0. The fourth-order valence-corrected chi connectivity index (χ4v) is 2.22. The van der Waals surface area contributed by atoms with E-state index in [2.05, 4.69) is 19.2 Å². The summed E-state index contributed by atoms with van der Waals surface area (Å²) in [6, 6.07) is 7.71. The Morgan fingerprint density at radius 3 is 2.76 bits per heavy atom. The van der Waals surface area contributed by atoms with Crippen molar-refractivity contribution in [3.05, 3.63) is 51.4 Å². The van der Waals surface area contributed by atoms with E-state index in [0.717, 1.165) is 17.1 Å². The lowest BCUT2D eigenvalue weighted by Crippen LogP contribution is -2.21. The van der Waals surface area contributed by atoms with Crippen molar-refractivity contribution >= 4 is 23.2 Å². The minimum Gasteiger partial charge on any atom is -0.484 e. The van der Waals surface area contributed by atoms with E-state index in [4.69, 9.17) is 32.4 Å². The Morgan fingerprint density at radius 1 is 1.29 bits per heavy atom. The van der Waals surface area contributed by atoms with E-state index in [1.54, 1.807) is 18.2 Å². The maximum Gasteiger partial charge on any atom is 0.146 e. The van der Waals surface area contributed by atoms with E-state index in [-0.39, 0.29) is 0 Å². The van der Waals surface area contributed by atoms with Gasteiger partial charge in [-0.2, -0.15) is 0 Å². The number of aryl methyl sites for hydroxylation is 1. The second-order valence-electron chi connectivity index (χ2n) is 5.20. The third-order valence-electron chi connectivity index (χ3n) is 3.03. The Bertz CT molecular complexity index is 608. The van der Waals surface area contributed by atoms with Gasteiger partial charge in [0, 0.05) is 6.04 Å². The number of hydrogen-bond acceptors (Lipinski definition) is 3. The van der Waals surface area contributed by atoms with E-state index in [0.29, 0.717) is 35.0 Å². The SMILES string of the molecule is Cc1cc(COc2cccc(Cl)c2Cl)oc1CNC(C)C. The summed E-state index contributed by atoms with van der Waals surface area (Å²) in [4.78, 5) is 0.